The second kappa shape index (κ2) is 8.34. The summed E-state index contributed by atoms with van der Waals surface area (Å²) in [5.74, 6) is 1.45. The van der Waals surface area contributed by atoms with E-state index in [1.807, 2.05) is 0 Å². The number of rotatable bonds is 7. The summed E-state index contributed by atoms with van der Waals surface area (Å²) in [6, 6.07) is 2.15. The highest BCUT2D eigenvalue weighted by atomic mass is 35.5. The van der Waals surface area contributed by atoms with E-state index < -0.39 is 0 Å². The minimum atomic E-state index is 0.625. The lowest BCUT2D eigenvalue weighted by atomic mass is 10.1. The molecule has 3 heteroatoms. The van der Waals surface area contributed by atoms with Gasteiger partial charge in [0.2, 0.25) is 0 Å². The molecule has 0 N–H and O–H groups in total. The second-order valence-corrected chi connectivity index (χ2v) is 3.96. The maximum atomic E-state index is 8.38. The van der Waals surface area contributed by atoms with E-state index in [0.717, 1.165) is 25.4 Å². The summed E-state index contributed by atoms with van der Waals surface area (Å²) in [7, 11) is 2.06. The van der Waals surface area contributed by atoms with Crippen molar-refractivity contribution in [2.75, 3.05) is 26.0 Å². The number of hydrogen-bond donors (Lipinski definition) is 0. The van der Waals surface area contributed by atoms with E-state index >= 15 is 0 Å². The molecule has 0 rings (SSSR count). The average Bonchev–Trinajstić information content (AvgIpc) is 2.12. The normalized spacial score (nSPS) is 12.8. The van der Waals surface area contributed by atoms with Crippen LogP contribution in [0, 0.1) is 17.2 Å². The van der Waals surface area contributed by atoms with Crippen molar-refractivity contribution in [3.8, 4) is 6.07 Å². The maximum Gasteiger partial charge on any atom is 0.0635 e. The van der Waals surface area contributed by atoms with E-state index in [1.165, 1.54) is 6.42 Å². The number of nitrogens with zero attached hydrogens (tertiary/aromatic N) is 2. The first-order valence-corrected chi connectivity index (χ1v) is 5.35. The number of halogens is 1. The van der Waals surface area contributed by atoms with Crippen LogP contribution in [0.15, 0.2) is 0 Å². The van der Waals surface area contributed by atoms with E-state index in [-0.39, 0.29) is 0 Å². The fraction of sp³-hybridized carbons (Fsp3) is 0.900. The summed E-state index contributed by atoms with van der Waals surface area (Å²) in [6.45, 7) is 4.17. The molecule has 0 radical (unpaired) electrons. The SMILES string of the molecule is CC(CCCl)CCN(C)CCC#N. The van der Waals surface area contributed by atoms with Gasteiger partial charge >= 0.3 is 0 Å². The van der Waals surface area contributed by atoms with Crippen LogP contribution in [0.2, 0.25) is 0 Å². The van der Waals surface area contributed by atoms with Crippen molar-refractivity contribution in [2.24, 2.45) is 5.92 Å². The Morgan fingerprint density at radius 2 is 2.08 bits per heavy atom. The molecule has 0 heterocycles. The molecular weight excluding hydrogens is 184 g/mol. The van der Waals surface area contributed by atoms with Gasteiger partial charge in [0.05, 0.1) is 6.07 Å². The number of nitriles is 1. The van der Waals surface area contributed by atoms with Crippen molar-refractivity contribution in [2.45, 2.75) is 26.2 Å². The molecule has 2 nitrogen and oxygen atoms in total. The maximum absolute atomic E-state index is 8.38. The molecule has 0 aromatic heterocycles. The first kappa shape index (κ1) is 12.7. The lowest BCUT2D eigenvalue weighted by Crippen LogP contribution is -2.22. The summed E-state index contributed by atoms with van der Waals surface area (Å²) in [5, 5.41) is 8.38. The summed E-state index contributed by atoms with van der Waals surface area (Å²) in [5.41, 5.74) is 0. The predicted molar refractivity (Wildman–Crippen MR) is 56.8 cm³/mol. The van der Waals surface area contributed by atoms with Gasteiger partial charge in [-0.3, -0.25) is 0 Å². The molecule has 0 aromatic carbocycles. The summed E-state index contributed by atoms with van der Waals surface area (Å²) < 4.78 is 0. The van der Waals surface area contributed by atoms with E-state index in [2.05, 4.69) is 24.9 Å². The molecule has 0 bridgehead atoms. The predicted octanol–water partition coefficient (Wildman–Crippen LogP) is 2.49. The van der Waals surface area contributed by atoms with E-state index in [0.29, 0.717) is 12.3 Å². The third-order valence-corrected chi connectivity index (χ3v) is 2.43. The standard InChI is InChI=1S/C10H19ClN2/c1-10(4-6-11)5-9-13(2)8-3-7-12/h10H,3-6,8-9H2,1-2H3. The molecule has 13 heavy (non-hydrogen) atoms. The van der Waals surface area contributed by atoms with Gasteiger partial charge in [-0.2, -0.15) is 5.26 Å². The largest absolute Gasteiger partial charge is 0.305 e. The van der Waals surface area contributed by atoms with Gasteiger partial charge < -0.3 is 4.90 Å². The Balaban J connectivity index is 3.35. The first-order valence-electron chi connectivity index (χ1n) is 4.82. The van der Waals surface area contributed by atoms with Crippen LogP contribution >= 0.6 is 11.6 Å². The first-order chi connectivity index (χ1) is 6.20. The Bertz CT molecular complexity index is 153. The fourth-order valence-corrected chi connectivity index (χ4v) is 1.50. The lowest BCUT2D eigenvalue weighted by Gasteiger charge is -2.17. The van der Waals surface area contributed by atoms with Crippen molar-refractivity contribution < 1.29 is 0 Å². The van der Waals surface area contributed by atoms with Crippen LogP contribution in [-0.4, -0.2) is 30.9 Å². The molecule has 0 saturated carbocycles. The Morgan fingerprint density at radius 1 is 1.38 bits per heavy atom. The highest BCUT2D eigenvalue weighted by Crippen LogP contribution is 2.08. The van der Waals surface area contributed by atoms with E-state index in [4.69, 9.17) is 16.9 Å². The lowest BCUT2D eigenvalue weighted by molar-refractivity contribution is 0.309. The number of hydrogen-bond acceptors (Lipinski definition) is 2. The van der Waals surface area contributed by atoms with Crippen molar-refractivity contribution in [3.63, 3.8) is 0 Å². The van der Waals surface area contributed by atoms with Crippen LogP contribution in [0.1, 0.15) is 26.2 Å². The van der Waals surface area contributed by atoms with Crippen molar-refractivity contribution >= 4 is 11.6 Å². The molecule has 0 aromatic rings. The topological polar surface area (TPSA) is 27.0 Å². The van der Waals surface area contributed by atoms with Crippen LogP contribution in [0.4, 0.5) is 0 Å². The van der Waals surface area contributed by atoms with E-state index in [1.54, 1.807) is 0 Å². The van der Waals surface area contributed by atoms with E-state index in [9.17, 15) is 0 Å². The molecule has 1 atom stereocenters. The zero-order chi connectivity index (χ0) is 10.1. The van der Waals surface area contributed by atoms with Crippen LogP contribution in [-0.2, 0) is 0 Å². The number of alkyl halides is 1. The third kappa shape index (κ3) is 8.08. The van der Waals surface area contributed by atoms with Gasteiger partial charge in [0.15, 0.2) is 0 Å². The van der Waals surface area contributed by atoms with Gasteiger partial charge in [0.1, 0.15) is 0 Å². The van der Waals surface area contributed by atoms with Crippen molar-refractivity contribution in [1.82, 2.24) is 4.90 Å². The molecule has 0 saturated heterocycles. The van der Waals surface area contributed by atoms with Crippen LogP contribution in [0.5, 0.6) is 0 Å². The van der Waals surface area contributed by atoms with Gasteiger partial charge in [-0.05, 0) is 32.4 Å². The second-order valence-electron chi connectivity index (χ2n) is 3.58. The van der Waals surface area contributed by atoms with Gasteiger partial charge in [-0.15, -0.1) is 11.6 Å². The smallest absolute Gasteiger partial charge is 0.0635 e. The molecule has 0 aliphatic carbocycles. The van der Waals surface area contributed by atoms with Gasteiger partial charge in [-0.1, -0.05) is 6.92 Å². The van der Waals surface area contributed by atoms with Crippen LogP contribution < -0.4 is 0 Å². The highest BCUT2D eigenvalue weighted by molar-refractivity contribution is 6.17. The molecule has 0 fully saturated rings. The average molecular weight is 203 g/mol. The molecule has 0 amide bonds. The minimum absolute atomic E-state index is 0.625. The summed E-state index contributed by atoms with van der Waals surface area (Å²) >= 11 is 5.64. The minimum Gasteiger partial charge on any atom is -0.305 e. The Kier molecular flexibility index (Phi) is 8.18. The Morgan fingerprint density at radius 3 is 2.62 bits per heavy atom. The molecule has 76 valence electrons. The monoisotopic (exact) mass is 202 g/mol. The van der Waals surface area contributed by atoms with Gasteiger partial charge in [0.25, 0.3) is 0 Å². The zero-order valence-corrected chi connectivity index (χ0v) is 9.35. The van der Waals surface area contributed by atoms with Crippen LogP contribution in [0.3, 0.4) is 0 Å². The van der Waals surface area contributed by atoms with Gasteiger partial charge in [-0.25, -0.2) is 0 Å². The summed E-state index contributed by atoms with van der Waals surface area (Å²) in [4.78, 5) is 2.20. The Labute approximate surface area is 86.5 Å². The molecule has 1 unspecified atom stereocenters. The highest BCUT2D eigenvalue weighted by Gasteiger charge is 2.03. The fourth-order valence-electron chi connectivity index (χ4n) is 1.12. The third-order valence-electron chi connectivity index (χ3n) is 2.21. The van der Waals surface area contributed by atoms with Crippen molar-refractivity contribution in [1.29, 1.82) is 5.26 Å². The van der Waals surface area contributed by atoms with Crippen LogP contribution in [0.25, 0.3) is 0 Å². The molecule has 0 aliphatic rings. The Hall–Kier alpha value is -0.260. The van der Waals surface area contributed by atoms with Crippen molar-refractivity contribution in [3.05, 3.63) is 0 Å². The zero-order valence-electron chi connectivity index (χ0n) is 8.59. The van der Waals surface area contributed by atoms with Gasteiger partial charge in [0, 0.05) is 18.8 Å². The molecule has 0 aliphatic heterocycles. The summed E-state index contributed by atoms with van der Waals surface area (Å²) in [6.07, 6.45) is 2.89. The molecular formula is C10H19ClN2. The molecule has 0 spiro atoms. The quantitative estimate of drug-likeness (QED) is 0.594.